The van der Waals surface area contributed by atoms with Gasteiger partial charge in [-0.1, -0.05) is 13.5 Å². The van der Waals surface area contributed by atoms with E-state index < -0.39 is 0 Å². The molecule has 1 aromatic rings. The fraction of sp³-hybridized carbons (Fsp3) is 0.286. The summed E-state index contributed by atoms with van der Waals surface area (Å²) in [6, 6.07) is 5.53. The van der Waals surface area contributed by atoms with Crippen molar-refractivity contribution < 1.29 is 9.59 Å². The van der Waals surface area contributed by atoms with E-state index in [1.807, 2.05) is 19.1 Å². The smallest absolute Gasteiger partial charge is 0.250 e. The lowest BCUT2D eigenvalue weighted by atomic mass is 10.1. The molecule has 1 atom stereocenters. The summed E-state index contributed by atoms with van der Waals surface area (Å²) in [4.78, 5) is 24.8. The predicted molar refractivity (Wildman–Crippen MR) is 67.2 cm³/mol. The molecule has 88 valence electrons. The van der Waals surface area contributed by atoms with Crippen molar-refractivity contribution in [3.05, 3.63) is 42.0 Å². The van der Waals surface area contributed by atoms with E-state index >= 15 is 0 Å². The Hall–Kier alpha value is -1.90. The van der Waals surface area contributed by atoms with Crippen molar-refractivity contribution in [1.82, 2.24) is 0 Å². The first-order valence-corrected chi connectivity index (χ1v) is 5.62. The number of fused-ring (bicyclic) bond motifs is 1. The van der Waals surface area contributed by atoms with Crippen molar-refractivity contribution in [3.8, 4) is 0 Å². The van der Waals surface area contributed by atoms with E-state index in [0.29, 0.717) is 0 Å². The van der Waals surface area contributed by atoms with Crippen LogP contribution in [-0.2, 0) is 11.2 Å². The molecule has 0 bridgehead atoms. The van der Waals surface area contributed by atoms with E-state index in [9.17, 15) is 9.59 Å². The zero-order valence-electron chi connectivity index (χ0n) is 10.1. The van der Waals surface area contributed by atoms with Crippen LogP contribution in [0.2, 0.25) is 0 Å². The number of ketones is 1. The highest BCUT2D eigenvalue weighted by Crippen LogP contribution is 2.29. The Bertz CT molecular complexity index is 505. The molecular weight excluding hydrogens is 214 g/mol. The van der Waals surface area contributed by atoms with E-state index in [0.717, 1.165) is 23.2 Å². The SMILES string of the molecule is C=CC(=O)N(C)c1ccc2c(c1)CC(C)C2=O. The third kappa shape index (κ3) is 1.88. The Balaban J connectivity index is 2.36. The van der Waals surface area contributed by atoms with Gasteiger partial charge in [0.25, 0.3) is 0 Å². The maximum Gasteiger partial charge on any atom is 0.250 e. The van der Waals surface area contributed by atoms with Gasteiger partial charge in [-0.15, -0.1) is 0 Å². The van der Waals surface area contributed by atoms with E-state index in [1.165, 1.54) is 11.0 Å². The van der Waals surface area contributed by atoms with Gasteiger partial charge in [-0.2, -0.15) is 0 Å². The summed E-state index contributed by atoms with van der Waals surface area (Å²) in [6.07, 6.45) is 2.04. The third-order valence-electron chi connectivity index (χ3n) is 3.22. The van der Waals surface area contributed by atoms with Crippen molar-refractivity contribution in [2.45, 2.75) is 13.3 Å². The van der Waals surface area contributed by atoms with Crippen LogP contribution >= 0.6 is 0 Å². The normalized spacial score (nSPS) is 17.8. The lowest BCUT2D eigenvalue weighted by Crippen LogP contribution is -2.23. The molecule has 3 nitrogen and oxygen atoms in total. The summed E-state index contributed by atoms with van der Waals surface area (Å²) >= 11 is 0. The van der Waals surface area contributed by atoms with E-state index in [1.54, 1.807) is 13.1 Å². The van der Waals surface area contributed by atoms with E-state index in [4.69, 9.17) is 0 Å². The molecule has 0 saturated heterocycles. The van der Waals surface area contributed by atoms with Crippen LogP contribution in [0.15, 0.2) is 30.9 Å². The number of rotatable bonds is 2. The zero-order valence-corrected chi connectivity index (χ0v) is 10.1. The zero-order chi connectivity index (χ0) is 12.6. The number of hydrogen-bond acceptors (Lipinski definition) is 2. The number of nitrogens with zero attached hydrogens (tertiary/aromatic N) is 1. The van der Waals surface area contributed by atoms with Gasteiger partial charge >= 0.3 is 0 Å². The lowest BCUT2D eigenvalue weighted by molar-refractivity contribution is -0.113. The number of amides is 1. The second-order valence-corrected chi connectivity index (χ2v) is 4.41. The van der Waals surface area contributed by atoms with Crippen LogP contribution in [0.3, 0.4) is 0 Å². The van der Waals surface area contributed by atoms with Gasteiger partial charge in [-0.05, 0) is 36.3 Å². The van der Waals surface area contributed by atoms with E-state index in [2.05, 4.69) is 6.58 Å². The molecule has 0 aliphatic heterocycles. The summed E-state index contributed by atoms with van der Waals surface area (Å²) in [5, 5.41) is 0. The fourth-order valence-corrected chi connectivity index (χ4v) is 2.15. The number of anilines is 1. The molecule has 1 aliphatic rings. The Morgan fingerprint density at radius 1 is 1.53 bits per heavy atom. The molecule has 2 rings (SSSR count). The van der Waals surface area contributed by atoms with Crippen LogP contribution in [0.5, 0.6) is 0 Å². The van der Waals surface area contributed by atoms with Crippen LogP contribution in [0, 0.1) is 5.92 Å². The molecule has 1 aliphatic carbocycles. The number of likely N-dealkylation sites (N-methyl/N-ethyl adjacent to an activating group) is 1. The highest BCUT2D eigenvalue weighted by Gasteiger charge is 2.27. The van der Waals surface area contributed by atoms with Crippen molar-refractivity contribution in [2.75, 3.05) is 11.9 Å². The van der Waals surface area contributed by atoms with Gasteiger partial charge in [-0.25, -0.2) is 0 Å². The molecular formula is C14H15NO2. The Labute approximate surface area is 101 Å². The topological polar surface area (TPSA) is 37.4 Å². The van der Waals surface area contributed by atoms with Crippen LogP contribution < -0.4 is 4.90 Å². The first kappa shape index (κ1) is 11.6. The van der Waals surface area contributed by atoms with Crippen LogP contribution in [0.4, 0.5) is 5.69 Å². The van der Waals surface area contributed by atoms with Gasteiger partial charge in [0.05, 0.1) is 0 Å². The van der Waals surface area contributed by atoms with Crippen molar-refractivity contribution in [2.24, 2.45) is 5.92 Å². The van der Waals surface area contributed by atoms with Gasteiger partial charge in [0, 0.05) is 24.2 Å². The number of carbonyl (C=O) groups excluding carboxylic acids is 2. The fourth-order valence-electron chi connectivity index (χ4n) is 2.15. The molecule has 0 spiro atoms. The quantitative estimate of drug-likeness (QED) is 0.729. The minimum atomic E-state index is -0.151. The Morgan fingerprint density at radius 3 is 2.88 bits per heavy atom. The predicted octanol–water partition coefficient (Wildman–Crippen LogP) is 2.21. The first-order chi connectivity index (χ1) is 8.04. The second-order valence-electron chi connectivity index (χ2n) is 4.41. The van der Waals surface area contributed by atoms with Crippen LogP contribution in [0.1, 0.15) is 22.8 Å². The van der Waals surface area contributed by atoms with Crippen molar-refractivity contribution >= 4 is 17.4 Å². The molecule has 1 unspecified atom stereocenters. The van der Waals surface area contributed by atoms with Crippen LogP contribution in [0.25, 0.3) is 0 Å². The molecule has 1 aromatic carbocycles. The Kier molecular flexibility index (Phi) is 2.84. The molecule has 0 saturated carbocycles. The summed E-state index contributed by atoms with van der Waals surface area (Å²) in [6.45, 7) is 5.39. The molecule has 1 amide bonds. The van der Waals surface area contributed by atoms with Gasteiger partial charge in [-0.3, -0.25) is 9.59 Å². The molecule has 0 fully saturated rings. The molecule has 0 N–H and O–H groups in total. The maximum atomic E-state index is 11.8. The highest BCUT2D eigenvalue weighted by atomic mass is 16.2. The van der Waals surface area contributed by atoms with Gasteiger partial charge in [0.15, 0.2) is 5.78 Å². The maximum absolute atomic E-state index is 11.8. The minimum Gasteiger partial charge on any atom is -0.312 e. The molecule has 17 heavy (non-hydrogen) atoms. The van der Waals surface area contributed by atoms with E-state index in [-0.39, 0.29) is 17.6 Å². The lowest BCUT2D eigenvalue weighted by Gasteiger charge is -2.16. The monoisotopic (exact) mass is 229 g/mol. The Morgan fingerprint density at radius 2 is 2.24 bits per heavy atom. The van der Waals surface area contributed by atoms with Crippen molar-refractivity contribution in [1.29, 1.82) is 0 Å². The average Bonchev–Trinajstić information content (AvgIpc) is 2.62. The first-order valence-electron chi connectivity index (χ1n) is 5.62. The standard InChI is InChI=1S/C14H15NO2/c1-4-13(16)15(3)11-5-6-12-10(8-11)7-9(2)14(12)17/h4-6,8-9H,1,7H2,2-3H3. The summed E-state index contributed by atoms with van der Waals surface area (Å²) < 4.78 is 0. The van der Waals surface area contributed by atoms with Crippen LogP contribution in [-0.4, -0.2) is 18.7 Å². The second kappa shape index (κ2) is 4.17. The minimum absolute atomic E-state index is 0.0562. The third-order valence-corrected chi connectivity index (χ3v) is 3.22. The summed E-state index contributed by atoms with van der Waals surface area (Å²) in [5.74, 6) is 0.104. The van der Waals surface area contributed by atoms with Gasteiger partial charge < -0.3 is 4.90 Å². The molecule has 3 heteroatoms. The van der Waals surface area contributed by atoms with Gasteiger partial charge in [0.2, 0.25) is 5.91 Å². The molecule has 0 aromatic heterocycles. The summed E-state index contributed by atoms with van der Waals surface area (Å²) in [5.41, 5.74) is 2.62. The number of carbonyl (C=O) groups is 2. The number of hydrogen-bond donors (Lipinski definition) is 0. The number of Topliss-reactive ketones (excluding diaryl/α,β-unsaturated/α-hetero) is 1. The van der Waals surface area contributed by atoms with Crippen molar-refractivity contribution in [3.63, 3.8) is 0 Å². The highest BCUT2D eigenvalue weighted by molar-refractivity contribution is 6.04. The van der Waals surface area contributed by atoms with Gasteiger partial charge in [0.1, 0.15) is 0 Å². The average molecular weight is 229 g/mol. The number of benzene rings is 1. The molecule has 0 heterocycles. The summed E-state index contributed by atoms with van der Waals surface area (Å²) in [7, 11) is 1.70. The largest absolute Gasteiger partial charge is 0.312 e. The molecule has 0 radical (unpaired) electrons.